The van der Waals surface area contributed by atoms with Crippen LogP contribution in [0.1, 0.15) is 70.1 Å². The van der Waals surface area contributed by atoms with Crippen LogP contribution >= 0.6 is 0 Å². The maximum Gasteiger partial charge on any atom is 0.408 e. The zero-order valence-electron chi connectivity index (χ0n) is 21.1. The topological polar surface area (TPSA) is 68.5 Å². The minimum atomic E-state index is -0.525. The molecule has 6 rings (SSSR count). The van der Waals surface area contributed by atoms with Crippen molar-refractivity contribution in [1.29, 1.82) is 0 Å². The summed E-state index contributed by atoms with van der Waals surface area (Å²) in [6.45, 7) is 5.66. The first-order valence-corrected chi connectivity index (χ1v) is 12.9. The van der Waals surface area contributed by atoms with Gasteiger partial charge in [0.2, 0.25) is 5.78 Å². The molecular weight excluding hydrogens is 448 g/mol. The summed E-state index contributed by atoms with van der Waals surface area (Å²) in [5.41, 5.74) is 5.42. The van der Waals surface area contributed by atoms with Crippen LogP contribution in [0.3, 0.4) is 0 Å². The first-order valence-electron chi connectivity index (χ1n) is 12.9. The molecule has 2 aromatic carbocycles. The number of ether oxygens (including phenoxy) is 1. The van der Waals surface area contributed by atoms with Gasteiger partial charge in [0, 0.05) is 28.9 Å². The van der Waals surface area contributed by atoms with E-state index in [0.717, 1.165) is 58.8 Å². The Bertz CT molecular complexity index is 1410. The molecule has 0 aliphatic heterocycles. The summed E-state index contributed by atoms with van der Waals surface area (Å²) < 4.78 is 7.64. The Labute approximate surface area is 211 Å². The maximum absolute atomic E-state index is 12.6. The predicted octanol–water partition coefficient (Wildman–Crippen LogP) is 6.84. The third-order valence-corrected chi connectivity index (χ3v) is 7.22. The lowest BCUT2D eigenvalue weighted by Crippen LogP contribution is -2.52. The van der Waals surface area contributed by atoms with Gasteiger partial charge >= 0.3 is 6.09 Å². The number of imidazole rings is 1. The second kappa shape index (κ2) is 8.47. The summed E-state index contributed by atoms with van der Waals surface area (Å²) in [4.78, 5) is 22.5. The SMILES string of the molecule is CC(C)(C)OC(=O)NC1(c2ccc(-c3nc4nc(C5CC5)ccn4c3-c3ccccc3)cc2)CCC1. The van der Waals surface area contributed by atoms with E-state index >= 15 is 0 Å². The van der Waals surface area contributed by atoms with Crippen molar-refractivity contribution < 1.29 is 9.53 Å². The fourth-order valence-corrected chi connectivity index (χ4v) is 5.09. The van der Waals surface area contributed by atoms with Crippen LogP contribution in [-0.4, -0.2) is 26.1 Å². The molecule has 0 atom stereocenters. The minimum Gasteiger partial charge on any atom is -0.444 e. The van der Waals surface area contributed by atoms with E-state index in [1.807, 2.05) is 26.8 Å². The lowest BCUT2D eigenvalue weighted by atomic mass is 9.71. The van der Waals surface area contributed by atoms with E-state index < -0.39 is 5.60 Å². The van der Waals surface area contributed by atoms with Crippen LogP contribution < -0.4 is 5.32 Å². The number of rotatable bonds is 5. The van der Waals surface area contributed by atoms with Gasteiger partial charge < -0.3 is 10.1 Å². The molecule has 2 saturated carbocycles. The van der Waals surface area contributed by atoms with E-state index in [1.165, 1.54) is 12.8 Å². The van der Waals surface area contributed by atoms with Crippen molar-refractivity contribution in [3.05, 3.63) is 78.1 Å². The fraction of sp³-hybridized carbons (Fsp3) is 0.367. The largest absolute Gasteiger partial charge is 0.444 e. The number of amides is 1. The quantitative estimate of drug-likeness (QED) is 0.339. The Morgan fingerprint density at radius 3 is 2.31 bits per heavy atom. The number of nitrogens with one attached hydrogen (secondary N) is 1. The van der Waals surface area contributed by atoms with E-state index in [9.17, 15) is 4.79 Å². The number of hydrogen-bond donors (Lipinski definition) is 1. The molecule has 4 aromatic rings. The fourth-order valence-electron chi connectivity index (χ4n) is 5.09. The molecule has 0 spiro atoms. The number of fused-ring (bicyclic) bond motifs is 1. The Morgan fingerprint density at radius 1 is 0.972 bits per heavy atom. The van der Waals surface area contributed by atoms with Crippen LogP contribution in [0, 0.1) is 0 Å². The van der Waals surface area contributed by atoms with E-state index in [2.05, 4.69) is 70.5 Å². The number of hydrogen-bond acceptors (Lipinski definition) is 4. The number of carbonyl (C=O) groups is 1. The van der Waals surface area contributed by atoms with E-state index in [4.69, 9.17) is 14.7 Å². The van der Waals surface area contributed by atoms with Crippen molar-refractivity contribution in [3.63, 3.8) is 0 Å². The highest BCUT2D eigenvalue weighted by molar-refractivity contribution is 5.81. The number of benzene rings is 2. The van der Waals surface area contributed by atoms with E-state index in [1.54, 1.807) is 0 Å². The third kappa shape index (κ3) is 4.25. The van der Waals surface area contributed by atoms with Crippen LogP contribution in [0.4, 0.5) is 4.79 Å². The molecule has 2 fully saturated rings. The van der Waals surface area contributed by atoms with Crippen LogP contribution in [0.5, 0.6) is 0 Å². The molecule has 1 N–H and O–H groups in total. The lowest BCUT2D eigenvalue weighted by molar-refractivity contribution is 0.0377. The monoisotopic (exact) mass is 480 g/mol. The molecule has 184 valence electrons. The van der Waals surface area contributed by atoms with Gasteiger partial charge in [-0.2, -0.15) is 0 Å². The molecule has 2 heterocycles. The van der Waals surface area contributed by atoms with Gasteiger partial charge in [0.1, 0.15) is 5.60 Å². The number of alkyl carbamates (subject to hydrolysis) is 1. The molecule has 0 radical (unpaired) electrons. The highest BCUT2D eigenvalue weighted by atomic mass is 16.6. The first-order chi connectivity index (χ1) is 17.3. The summed E-state index contributed by atoms with van der Waals surface area (Å²) in [7, 11) is 0. The van der Waals surface area contributed by atoms with Crippen molar-refractivity contribution in [2.45, 2.75) is 69.9 Å². The summed E-state index contributed by atoms with van der Waals surface area (Å²) >= 11 is 0. The molecule has 2 aliphatic rings. The zero-order chi connectivity index (χ0) is 24.9. The van der Waals surface area contributed by atoms with Crippen LogP contribution in [0.25, 0.3) is 28.3 Å². The van der Waals surface area contributed by atoms with Crippen molar-refractivity contribution in [3.8, 4) is 22.5 Å². The number of carbonyl (C=O) groups excluding carboxylic acids is 1. The molecule has 0 bridgehead atoms. The van der Waals surface area contributed by atoms with Gasteiger partial charge in [-0.15, -0.1) is 0 Å². The number of nitrogens with zero attached hydrogens (tertiary/aromatic N) is 3. The Morgan fingerprint density at radius 2 is 1.69 bits per heavy atom. The standard InChI is InChI=1S/C30H32N4O2/c1-29(2,3)36-28(35)33-30(17-7-18-30)23-14-12-21(13-15-23)25-26(22-8-5-4-6-9-22)34-19-16-24(20-10-11-20)31-27(34)32-25/h4-6,8-9,12-16,19-20H,7,10-11,17-18H2,1-3H3,(H,33,35). The van der Waals surface area contributed by atoms with Gasteiger partial charge in [-0.25, -0.2) is 14.8 Å². The Hall–Kier alpha value is -3.67. The van der Waals surface area contributed by atoms with Gasteiger partial charge in [0.25, 0.3) is 0 Å². The summed E-state index contributed by atoms with van der Waals surface area (Å²) in [6, 6.07) is 21.0. The Kier molecular flexibility index (Phi) is 5.36. The normalized spacial score (nSPS) is 17.0. The van der Waals surface area contributed by atoms with Crippen molar-refractivity contribution in [2.24, 2.45) is 0 Å². The van der Waals surface area contributed by atoms with Crippen molar-refractivity contribution >= 4 is 11.9 Å². The summed E-state index contributed by atoms with van der Waals surface area (Å²) in [6.07, 6.45) is 7.06. The van der Waals surface area contributed by atoms with Crippen molar-refractivity contribution in [1.82, 2.24) is 19.7 Å². The highest BCUT2D eigenvalue weighted by Gasteiger charge is 2.41. The average Bonchev–Trinajstić information content (AvgIpc) is 3.61. The molecule has 0 saturated heterocycles. The third-order valence-electron chi connectivity index (χ3n) is 7.22. The second-order valence-corrected chi connectivity index (χ2v) is 11.1. The first kappa shape index (κ1) is 22.8. The predicted molar refractivity (Wildman–Crippen MR) is 141 cm³/mol. The second-order valence-electron chi connectivity index (χ2n) is 11.1. The molecule has 1 amide bonds. The average molecular weight is 481 g/mol. The van der Waals surface area contributed by atoms with E-state index in [-0.39, 0.29) is 11.6 Å². The van der Waals surface area contributed by atoms with Crippen LogP contribution in [0.2, 0.25) is 0 Å². The van der Waals surface area contributed by atoms with Gasteiger partial charge in [-0.3, -0.25) is 4.40 Å². The molecular formula is C30H32N4O2. The van der Waals surface area contributed by atoms with Crippen LogP contribution in [0.15, 0.2) is 66.9 Å². The summed E-state index contributed by atoms with van der Waals surface area (Å²) in [5, 5.41) is 3.15. The van der Waals surface area contributed by atoms with E-state index in [0.29, 0.717) is 5.92 Å². The molecule has 6 nitrogen and oxygen atoms in total. The van der Waals surface area contributed by atoms with Gasteiger partial charge in [0.05, 0.1) is 16.9 Å². The smallest absolute Gasteiger partial charge is 0.408 e. The summed E-state index contributed by atoms with van der Waals surface area (Å²) in [5.74, 6) is 1.31. The van der Waals surface area contributed by atoms with Gasteiger partial charge in [0.15, 0.2) is 0 Å². The molecule has 0 unspecified atom stereocenters. The van der Waals surface area contributed by atoms with Crippen LogP contribution in [-0.2, 0) is 10.3 Å². The van der Waals surface area contributed by atoms with Gasteiger partial charge in [-0.05, 0) is 64.5 Å². The van der Waals surface area contributed by atoms with Crippen molar-refractivity contribution in [2.75, 3.05) is 0 Å². The molecule has 2 aromatic heterocycles. The lowest BCUT2D eigenvalue weighted by Gasteiger charge is -2.43. The molecule has 36 heavy (non-hydrogen) atoms. The molecule has 2 aliphatic carbocycles. The van der Waals surface area contributed by atoms with Gasteiger partial charge in [-0.1, -0.05) is 54.6 Å². The highest BCUT2D eigenvalue weighted by Crippen LogP contribution is 2.43. The zero-order valence-corrected chi connectivity index (χ0v) is 21.1. The molecule has 6 heteroatoms. The maximum atomic E-state index is 12.6. The Balaban J connectivity index is 1.37. The number of aromatic nitrogens is 3. The minimum absolute atomic E-state index is 0.365.